The average Bonchev–Trinajstić information content (AvgIpc) is 1.58. The van der Waals surface area contributed by atoms with Gasteiger partial charge in [-0.25, -0.2) is 0 Å². The van der Waals surface area contributed by atoms with Crippen LogP contribution in [-0.4, -0.2) is 17.1 Å². The third-order valence-electron chi connectivity index (χ3n) is 1.21. The van der Waals surface area contributed by atoms with Crippen molar-refractivity contribution in [2.75, 3.05) is 0 Å². The average molecular weight is 179 g/mol. The molecule has 0 radical (unpaired) electrons. The Hall–Kier alpha value is -0.220. The van der Waals surface area contributed by atoms with Crippen LogP contribution in [0, 0.1) is 5.92 Å². The maximum atomic E-state index is 10.1. The second-order valence-electron chi connectivity index (χ2n) is 2.99. The van der Waals surface area contributed by atoms with Crippen molar-refractivity contribution in [1.29, 1.82) is 0 Å². The smallest absolute Gasteiger partial charge is 0.304 e. The first kappa shape index (κ1) is 13.4. The van der Waals surface area contributed by atoms with Crippen molar-refractivity contribution in [3.63, 3.8) is 0 Å². The molecule has 0 aliphatic rings. The van der Waals surface area contributed by atoms with E-state index in [2.05, 4.69) is 0 Å². The molecule has 0 aliphatic heterocycles. The highest BCUT2D eigenvalue weighted by molar-refractivity contribution is 7.59. The number of aliphatic carboxylic acids is 1. The quantitative estimate of drug-likeness (QED) is 0.675. The molecule has 0 spiro atoms. The van der Waals surface area contributed by atoms with Gasteiger partial charge in [-0.1, -0.05) is 13.8 Å². The Bertz CT molecular complexity index is 117. The molecule has 4 heteroatoms. The van der Waals surface area contributed by atoms with Crippen LogP contribution in [0.25, 0.3) is 0 Å². The molecule has 0 amide bonds. The van der Waals surface area contributed by atoms with Gasteiger partial charge in [-0.05, 0) is 12.3 Å². The molecule has 0 rings (SSSR count). The lowest BCUT2D eigenvalue weighted by Gasteiger charge is -2.10. The standard InChI is InChI=1S/C7H15NO2.H2S/c1-5(2)3-6(8)4-7(9)10;/h5-6H,3-4,8H2,1-2H3,(H,9,10);1H2/t6-;/m0./s1. The van der Waals surface area contributed by atoms with Crippen molar-refractivity contribution in [1.82, 2.24) is 0 Å². The Kier molecular flexibility index (Phi) is 7.89. The molecular weight excluding hydrogens is 162 g/mol. The summed E-state index contributed by atoms with van der Waals surface area (Å²) in [5.74, 6) is -0.331. The van der Waals surface area contributed by atoms with Crippen LogP contribution in [0.2, 0.25) is 0 Å². The van der Waals surface area contributed by atoms with E-state index in [1.54, 1.807) is 0 Å². The monoisotopic (exact) mass is 179 g/mol. The SMILES string of the molecule is CC(C)C[C@H](N)CC(=O)O.S. The summed E-state index contributed by atoms with van der Waals surface area (Å²) < 4.78 is 0. The van der Waals surface area contributed by atoms with Gasteiger partial charge < -0.3 is 10.8 Å². The summed E-state index contributed by atoms with van der Waals surface area (Å²) in [4.78, 5) is 10.1. The Morgan fingerprint density at radius 2 is 2.00 bits per heavy atom. The molecule has 1 atom stereocenters. The van der Waals surface area contributed by atoms with Gasteiger partial charge in [0, 0.05) is 6.04 Å². The molecule has 0 saturated carbocycles. The molecule has 0 saturated heterocycles. The first-order valence-corrected chi connectivity index (χ1v) is 3.49. The lowest BCUT2D eigenvalue weighted by atomic mass is 10.0. The third-order valence-corrected chi connectivity index (χ3v) is 1.21. The number of hydrogen-bond acceptors (Lipinski definition) is 2. The van der Waals surface area contributed by atoms with Gasteiger partial charge in [-0.15, -0.1) is 0 Å². The van der Waals surface area contributed by atoms with E-state index in [9.17, 15) is 4.79 Å². The van der Waals surface area contributed by atoms with E-state index >= 15 is 0 Å². The van der Waals surface area contributed by atoms with Crippen LogP contribution in [0.15, 0.2) is 0 Å². The Labute approximate surface area is 74.4 Å². The number of rotatable bonds is 4. The molecule has 0 aliphatic carbocycles. The van der Waals surface area contributed by atoms with Gasteiger partial charge in [0.1, 0.15) is 0 Å². The van der Waals surface area contributed by atoms with Crippen molar-refractivity contribution in [2.24, 2.45) is 11.7 Å². The van der Waals surface area contributed by atoms with Gasteiger partial charge >= 0.3 is 5.97 Å². The lowest BCUT2D eigenvalue weighted by Crippen LogP contribution is -2.25. The molecule has 0 aromatic carbocycles. The molecule has 0 aromatic heterocycles. The summed E-state index contributed by atoms with van der Waals surface area (Å²) >= 11 is 0. The number of carboxylic acids is 1. The fraction of sp³-hybridized carbons (Fsp3) is 0.857. The molecule has 0 heterocycles. The molecule has 3 N–H and O–H groups in total. The van der Waals surface area contributed by atoms with Gasteiger partial charge in [0.25, 0.3) is 0 Å². The second-order valence-corrected chi connectivity index (χ2v) is 2.99. The fourth-order valence-corrected chi connectivity index (χ4v) is 0.913. The zero-order valence-corrected chi connectivity index (χ0v) is 8.00. The van der Waals surface area contributed by atoms with Crippen LogP contribution in [0.4, 0.5) is 0 Å². The van der Waals surface area contributed by atoms with Crippen LogP contribution < -0.4 is 5.73 Å². The summed E-state index contributed by atoms with van der Waals surface area (Å²) in [5, 5.41) is 8.32. The summed E-state index contributed by atoms with van der Waals surface area (Å²) in [6, 6.07) is -0.183. The Morgan fingerprint density at radius 1 is 1.55 bits per heavy atom. The van der Waals surface area contributed by atoms with Crippen LogP contribution in [0.5, 0.6) is 0 Å². The van der Waals surface area contributed by atoms with Crippen LogP contribution in [0.3, 0.4) is 0 Å². The van der Waals surface area contributed by atoms with Gasteiger partial charge in [0.05, 0.1) is 6.42 Å². The molecule has 3 nitrogen and oxygen atoms in total. The first-order valence-electron chi connectivity index (χ1n) is 3.49. The largest absolute Gasteiger partial charge is 0.481 e. The molecule has 0 aromatic rings. The molecule has 0 fully saturated rings. The highest BCUT2D eigenvalue weighted by Crippen LogP contribution is 2.04. The summed E-state index contributed by atoms with van der Waals surface area (Å²) in [6.07, 6.45) is 0.866. The molecule has 68 valence electrons. The highest BCUT2D eigenvalue weighted by Gasteiger charge is 2.08. The number of hydrogen-bond donors (Lipinski definition) is 2. The van der Waals surface area contributed by atoms with E-state index in [0.29, 0.717) is 5.92 Å². The minimum absolute atomic E-state index is 0. The first-order chi connectivity index (χ1) is 4.52. The zero-order chi connectivity index (χ0) is 8.15. The van der Waals surface area contributed by atoms with Gasteiger partial charge in [-0.2, -0.15) is 13.5 Å². The van der Waals surface area contributed by atoms with Crippen LogP contribution in [-0.2, 0) is 4.79 Å². The second kappa shape index (κ2) is 6.49. The van der Waals surface area contributed by atoms with Crippen LogP contribution >= 0.6 is 13.5 Å². The molecule has 0 unspecified atom stereocenters. The summed E-state index contributed by atoms with van der Waals surface area (Å²) in [7, 11) is 0. The molecular formula is C7H17NO2S. The van der Waals surface area contributed by atoms with Crippen molar-refractivity contribution in [3.8, 4) is 0 Å². The predicted octanol–water partition coefficient (Wildman–Crippen LogP) is 0.947. The minimum atomic E-state index is -0.812. The molecule has 0 bridgehead atoms. The maximum Gasteiger partial charge on any atom is 0.304 e. The number of nitrogens with two attached hydrogens (primary N) is 1. The van der Waals surface area contributed by atoms with E-state index in [1.165, 1.54) is 0 Å². The topological polar surface area (TPSA) is 63.3 Å². The highest BCUT2D eigenvalue weighted by atomic mass is 32.1. The van der Waals surface area contributed by atoms with Crippen molar-refractivity contribution >= 4 is 19.5 Å². The summed E-state index contributed by atoms with van der Waals surface area (Å²) in [6.45, 7) is 4.06. The van der Waals surface area contributed by atoms with E-state index in [0.717, 1.165) is 6.42 Å². The van der Waals surface area contributed by atoms with Gasteiger partial charge in [-0.3, -0.25) is 4.79 Å². The van der Waals surface area contributed by atoms with E-state index in [-0.39, 0.29) is 26.0 Å². The Balaban J connectivity index is 0. The molecule has 11 heavy (non-hydrogen) atoms. The minimum Gasteiger partial charge on any atom is -0.481 e. The number of carboxylic acid groups (broad SMARTS) is 1. The summed E-state index contributed by atoms with van der Waals surface area (Å²) in [5.41, 5.74) is 5.49. The normalized spacial score (nSPS) is 12.4. The van der Waals surface area contributed by atoms with E-state index < -0.39 is 5.97 Å². The van der Waals surface area contributed by atoms with E-state index in [4.69, 9.17) is 10.8 Å². The van der Waals surface area contributed by atoms with Crippen molar-refractivity contribution in [3.05, 3.63) is 0 Å². The fourth-order valence-electron chi connectivity index (χ4n) is 0.913. The number of carbonyl (C=O) groups is 1. The Morgan fingerprint density at radius 3 is 2.27 bits per heavy atom. The van der Waals surface area contributed by atoms with Crippen molar-refractivity contribution in [2.45, 2.75) is 32.7 Å². The van der Waals surface area contributed by atoms with Gasteiger partial charge in [0.2, 0.25) is 0 Å². The van der Waals surface area contributed by atoms with Gasteiger partial charge in [0.15, 0.2) is 0 Å². The zero-order valence-electron chi connectivity index (χ0n) is 7.00. The lowest BCUT2D eigenvalue weighted by molar-refractivity contribution is -0.137. The maximum absolute atomic E-state index is 10.1. The van der Waals surface area contributed by atoms with E-state index in [1.807, 2.05) is 13.8 Å². The van der Waals surface area contributed by atoms with Crippen molar-refractivity contribution < 1.29 is 9.90 Å². The predicted molar refractivity (Wildman–Crippen MR) is 50.1 cm³/mol. The third kappa shape index (κ3) is 9.78. The van der Waals surface area contributed by atoms with Crippen LogP contribution in [0.1, 0.15) is 26.7 Å².